The molecule has 2 heterocycles. The first kappa shape index (κ1) is 85.5. The number of aromatic hydroxyl groups is 3. The highest BCUT2D eigenvalue weighted by molar-refractivity contribution is 7.86. The Labute approximate surface area is 550 Å². The number of aromatic nitrogens is 4. The van der Waals surface area contributed by atoms with Gasteiger partial charge in [-0.1, -0.05) is 199 Å². The number of aliphatic hydroxyl groups is 4. The van der Waals surface area contributed by atoms with Crippen LogP contribution < -0.4 is 5.73 Å². The van der Waals surface area contributed by atoms with Gasteiger partial charge in [0.2, 0.25) is 0 Å². The SMILES string of the molecule is CC(C)(C)C.CC(C)(C)C.CC(C)(C)C.CC(C)(C)C.CC(C)(C)C.O=S(=O)([O-])c1ccc(O)c(N=Cc2cc(C=Nc3cc(S(=O)(=O)[O-])ccc3O)nc(-c3ccccc3)n2)c1.OC(O)c1cc(C(O)O)nc(-c2ccccc2)n1.[NH3+]c1cc(S(=O)(=O)[O-])ccc1O. The minimum atomic E-state index is -4.78. The van der Waals surface area contributed by atoms with Crippen LogP contribution in [0.25, 0.3) is 22.8 Å². The van der Waals surface area contributed by atoms with E-state index in [0.29, 0.717) is 38.2 Å². The van der Waals surface area contributed by atoms with Crippen LogP contribution in [0, 0.1) is 27.1 Å². The first-order chi connectivity index (χ1) is 41.9. The Balaban J connectivity index is 0.00000126. The van der Waals surface area contributed by atoms with Crippen LogP contribution in [0.1, 0.15) is 174 Å². The summed E-state index contributed by atoms with van der Waals surface area (Å²) in [5.74, 6) is -0.462. The highest BCUT2D eigenvalue weighted by Gasteiger charge is 2.16. The summed E-state index contributed by atoms with van der Waals surface area (Å²) >= 11 is 0. The molecule has 26 heteroatoms. The predicted molar refractivity (Wildman–Crippen MR) is 360 cm³/mol. The van der Waals surface area contributed by atoms with Gasteiger partial charge < -0.3 is 55.1 Å². The monoisotopic (exact) mass is 1350 g/mol. The predicted octanol–water partition coefficient (Wildman–Crippen LogP) is 12.4. The Hall–Kier alpha value is -7.47. The maximum atomic E-state index is 11.3. The molecule has 2 aromatic heterocycles. The molecule has 0 saturated carbocycles. The van der Waals surface area contributed by atoms with E-state index >= 15 is 0 Å². The van der Waals surface area contributed by atoms with Gasteiger partial charge in [0.1, 0.15) is 64.6 Å². The highest BCUT2D eigenvalue weighted by atomic mass is 32.2. The van der Waals surface area contributed by atoms with Crippen molar-refractivity contribution in [2.24, 2.45) is 37.1 Å². The number of phenols is 3. The van der Waals surface area contributed by atoms with Gasteiger partial charge in [0.05, 0.1) is 38.5 Å². The van der Waals surface area contributed by atoms with Gasteiger partial charge in [0.15, 0.2) is 35.7 Å². The van der Waals surface area contributed by atoms with E-state index in [1.807, 2.05) is 6.07 Å². The third kappa shape index (κ3) is 43.1. The molecule has 0 atom stereocenters. The molecule has 7 rings (SSSR count). The molecule has 0 aliphatic heterocycles. The minimum Gasteiger partial charge on any atom is -0.744 e. The van der Waals surface area contributed by atoms with E-state index in [1.165, 1.54) is 18.5 Å². The largest absolute Gasteiger partial charge is 0.744 e. The molecular weight excluding hydrogens is 1250 g/mol. The molecule has 23 nitrogen and oxygen atoms in total. The Morgan fingerprint density at radius 3 is 0.903 bits per heavy atom. The fraction of sp³-hybridized carbons (Fsp3) is 0.403. The Morgan fingerprint density at radius 2 is 0.645 bits per heavy atom. The molecule has 0 radical (unpaired) electrons. The van der Waals surface area contributed by atoms with Crippen molar-refractivity contribution >= 4 is 59.8 Å². The quantitative estimate of drug-likeness (QED) is 0.0339. The van der Waals surface area contributed by atoms with Crippen molar-refractivity contribution in [1.29, 1.82) is 0 Å². The molecule has 7 aromatic rings. The molecule has 514 valence electrons. The molecule has 93 heavy (non-hydrogen) atoms. The lowest BCUT2D eigenvalue weighted by molar-refractivity contribution is -0.256. The maximum Gasteiger partial charge on any atom is 0.196 e. The summed E-state index contributed by atoms with van der Waals surface area (Å²) in [6, 6.07) is 29.1. The number of hydrogen-bond acceptors (Lipinski definition) is 22. The third-order valence-electron chi connectivity index (χ3n) is 8.61. The summed E-state index contributed by atoms with van der Waals surface area (Å²) in [6.45, 7) is 43.8. The lowest BCUT2D eigenvalue weighted by Gasteiger charge is -2.10. The third-order valence-corrected chi connectivity index (χ3v) is 11.1. The zero-order valence-electron chi connectivity index (χ0n) is 56.9. The van der Waals surface area contributed by atoms with Crippen LogP contribution in [0.5, 0.6) is 17.2 Å². The summed E-state index contributed by atoms with van der Waals surface area (Å²) in [5.41, 5.74) is 7.02. The highest BCUT2D eigenvalue weighted by Crippen LogP contribution is 2.31. The second-order valence-electron chi connectivity index (χ2n) is 28.5. The molecule has 10 N–H and O–H groups in total. The van der Waals surface area contributed by atoms with Crippen LogP contribution in [0.3, 0.4) is 0 Å². The number of quaternary nitrogens is 1. The molecule has 0 amide bonds. The Bertz CT molecular complexity index is 3620. The van der Waals surface area contributed by atoms with Crippen molar-refractivity contribution in [2.45, 2.75) is 166 Å². The van der Waals surface area contributed by atoms with Gasteiger partial charge in [-0.2, -0.15) is 0 Å². The van der Waals surface area contributed by atoms with Gasteiger partial charge >= 0.3 is 0 Å². The smallest absolute Gasteiger partial charge is 0.196 e. The van der Waals surface area contributed by atoms with Crippen molar-refractivity contribution in [2.75, 3.05) is 0 Å². The Kier molecular flexibility index (Phi) is 33.9. The molecule has 0 saturated heterocycles. The van der Waals surface area contributed by atoms with Gasteiger partial charge in [0.25, 0.3) is 0 Å². The molecule has 5 aromatic carbocycles. The Morgan fingerprint density at radius 1 is 0.387 bits per heavy atom. The lowest BCUT2D eigenvalue weighted by Crippen LogP contribution is -2.40. The van der Waals surface area contributed by atoms with Crippen LogP contribution in [0.15, 0.2) is 152 Å². The van der Waals surface area contributed by atoms with Crippen LogP contribution in [0.4, 0.5) is 17.1 Å². The van der Waals surface area contributed by atoms with Gasteiger partial charge in [-0.3, -0.25) is 9.98 Å². The molecule has 0 unspecified atom stereocenters. The van der Waals surface area contributed by atoms with Gasteiger partial charge in [0, 0.05) is 17.2 Å². The summed E-state index contributed by atoms with van der Waals surface area (Å²) in [6.07, 6.45) is -1.20. The van der Waals surface area contributed by atoms with Gasteiger partial charge in [-0.05, 0) is 87.7 Å². The minimum absolute atomic E-state index is 0.0908. The van der Waals surface area contributed by atoms with Gasteiger partial charge in [-0.25, -0.2) is 45.2 Å². The molecule has 0 bridgehead atoms. The number of rotatable bonds is 11. The van der Waals surface area contributed by atoms with Crippen LogP contribution in [0.2, 0.25) is 0 Å². The second kappa shape index (κ2) is 36.8. The van der Waals surface area contributed by atoms with E-state index in [0.717, 1.165) is 60.7 Å². The second-order valence-corrected chi connectivity index (χ2v) is 32.7. The number of aliphatic imine (C=N–C) groups is 2. The van der Waals surface area contributed by atoms with E-state index in [-0.39, 0.29) is 73.6 Å². The lowest BCUT2D eigenvalue weighted by atomic mass is 10.0. The topological polar surface area (TPSA) is 417 Å². The van der Waals surface area contributed by atoms with Crippen molar-refractivity contribution in [3.63, 3.8) is 0 Å². The van der Waals surface area contributed by atoms with Crippen LogP contribution in [-0.2, 0) is 30.4 Å². The average Bonchev–Trinajstić information content (AvgIpc) is 0.858. The van der Waals surface area contributed by atoms with E-state index < -0.39 is 52.7 Å². The number of benzene rings is 5. The van der Waals surface area contributed by atoms with Crippen molar-refractivity contribution < 1.29 is 80.4 Å². The number of aliphatic hydroxyl groups excluding tert-OH is 2. The van der Waals surface area contributed by atoms with E-state index in [4.69, 9.17) is 25.5 Å². The fourth-order valence-electron chi connectivity index (χ4n) is 5.31. The number of phenolic OH excluding ortho intramolecular Hbond substituents is 3. The number of hydrogen-bond donors (Lipinski definition) is 8. The van der Waals surface area contributed by atoms with Crippen LogP contribution >= 0.6 is 0 Å². The number of nitrogens with zero attached hydrogens (tertiary/aromatic N) is 6. The van der Waals surface area contributed by atoms with Crippen molar-refractivity contribution in [1.82, 2.24) is 19.9 Å². The van der Waals surface area contributed by atoms with Crippen LogP contribution in [-0.4, -0.2) is 107 Å². The molecule has 0 aliphatic rings. The first-order valence-corrected chi connectivity index (χ1v) is 33.0. The van der Waals surface area contributed by atoms with Crippen molar-refractivity contribution in [3.05, 3.63) is 150 Å². The summed E-state index contributed by atoms with van der Waals surface area (Å²) in [7, 11) is -14.0. The first-order valence-electron chi connectivity index (χ1n) is 28.8. The summed E-state index contributed by atoms with van der Waals surface area (Å²) in [5, 5.41) is 65.4. The maximum absolute atomic E-state index is 11.3. The standard InChI is InChI=1S/C24H18N4O8S2.C12H12N2O4.C6H7NO4S.5C5H12/c29-22-8-6-18(37(31,32)33)11-20(22)25-13-16-10-17(28-24(27-16)15-4-2-1-3-5-15)14-26-21-12-19(38(34,35)36)7-9-23(21)30;15-11(16)8-6-9(12(17)18)14-10(13-8)7-4-2-1-3-5-7;7-5-3-4(12(9,10)11)1-2-6(5)8;5*1-5(2,3)4/h1-14,29-30H,(H,31,32,33)(H,34,35,36);1-6,11-12,15-18H;1-3,8H,7H2,(H,9,10,11);5*1-4H3/p-2. The zero-order chi connectivity index (χ0) is 72.5. The molecule has 0 fully saturated rings. The van der Waals surface area contributed by atoms with E-state index in [1.54, 1.807) is 54.6 Å². The summed E-state index contributed by atoms with van der Waals surface area (Å²) in [4.78, 5) is 23.2. The average molecular weight is 1350 g/mol. The fourth-order valence-corrected chi connectivity index (χ4v) is 6.82. The molecular formula is C67H95N7O16S3-2. The van der Waals surface area contributed by atoms with E-state index in [2.05, 4.69) is 174 Å². The molecule has 0 spiro atoms. The normalized spacial score (nSPS) is 11.9. The van der Waals surface area contributed by atoms with Crippen molar-refractivity contribution in [3.8, 4) is 40.0 Å². The van der Waals surface area contributed by atoms with E-state index in [9.17, 15) is 49.1 Å². The van der Waals surface area contributed by atoms with Gasteiger partial charge in [-0.15, -0.1) is 0 Å². The summed E-state index contributed by atoms with van der Waals surface area (Å²) < 4.78 is 99.2. The molecule has 0 aliphatic carbocycles. The zero-order valence-corrected chi connectivity index (χ0v) is 59.3.